The van der Waals surface area contributed by atoms with Gasteiger partial charge >= 0.3 is 0 Å². The molecule has 1 amide bonds. The lowest BCUT2D eigenvalue weighted by Gasteiger charge is -2.30. The van der Waals surface area contributed by atoms with Gasteiger partial charge in [0.2, 0.25) is 5.91 Å². The number of likely N-dealkylation sites (tertiary alicyclic amines) is 1. The number of ether oxygens (including phenoxy) is 2. The molecule has 0 unspecified atom stereocenters. The summed E-state index contributed by atoms with van der Waals surface area (Å²) < 4.78 is 11.1. The molecular formula is C23H23N3O4. The molecule has 0 aliphatic carbocycles. The molecule has 7 heteroatoms. The number of amides is 1. The second-order valence-electron chi connectivity index (χ2n) is 7.51. The van der Waals surface area contributed by atoms with Crippen LogP contribution >= 0.6 is 0 Å². The van der Waals surface area contributed by atoms with E-state index < -0.39 is 0 Å². The average molecular weight is 405 g/mol. The first-order valence-electron chi connectivity index (χ1n) is 10.1. The molecule has 0 saturated carbocycles. The summed E-state index contributed by atoms with van der Waals surface area (Å²) in [5.74, 6) is 1.24. The minimum Gasteiger partial charge on any atom is -0.486 e. The molecule has 2 aromatic rings. The fourth-order valence-corrected chi connectivity index (χ4v) is 3.86. The SMILES string of the molecule is N#Cc1cccc(NC(=O)CN2CCC(C(=O)c3ccc4c(c3)OCCO4)CC2)c1. The average Bonchev–Trinajstić information content (AvgIpc) is 2.79. The van der Waals surface area contributed by atoms with Gasteiger partial charge in [0.05, 0.1) is 18.2 Å². The number of nitrogens with zero attached hydrogens (tertiary/aromatic N) is 2. The molecule has 0 bridgehead atoms. The number of carbonyl (C=O) groups is 2. The maximum Gasteiger partial charge on any atom is 0.238 e. The van der Waals surface area contributed by atoms with E-state index in [4.69, 9.17) is 14.7 Å². The van der Waals surface area contributed by atoms with Crippen molar-refractivity contribution in [1.29, 1.82) is 5.26 Å². The van der Waals surface area contributed by atoms with Crippen molar-refractivity contribution in [1.82, 2.24) is 4.90 Å². The number of carbonyl (C=O) groups excluding carboxylic acids is 2. The monoisotopic (exact) mass is 405 g/mol. The van der Waals surface area contributed by atoms with Crippen molar-refractivity contribution >= 4 is 17.4 Å². The maximum absolute atomic E-state index is 12.9. The number of nitriles is 1. The first-order valence-corrected chi connectivity index (χ1v) is 10.1. The zero-order valence-electron chi connectivity index (χ0n) is 16.6. The van der Waals surface area contributed by atoms with Gasteiger partial charge in [-0.25, -0.2) is 0 Å². The van der Waals surface area contributed by atoms with Gasteiger partial charge in [0, 0.05) is 17.2 Å². The van der Waals surface area contributed by atoms with E-state index in [1.165, 1.54) is 0 Å². The van der Waals surface area contributed by atoms with Crippen molar-refractivity contribution < 1.29 is 19.1 Å². The van der Waals surface area contributed by atoms with E-state index in [0.29, 0.717) is 67.5 Å². The van der Waals surface area contributed by atoms with E-state index in [1.807, 2.05) is 0 Å². The molecule has 0 radical (unpaired) electrons. The highest BCUT2D eigenvalue weighted by molar-refractivity contribution is 5.98. The second-order valence-corrected chi connectivity index (χ2v) is 7.51. The van der Waals surface area contributed by atoms with Crippen LogP contribution in [0, 0.1) is 17.2 Å². The van der Waals surface area contributed by atoms with Crippen molar-refractivity contribution in [3.8, 4) is 17.6 Å². The lowest BCUT2D eigenvalue weighted by atomic mass is 9.88. The Morgan fingerprint density at radius 3 is 2.60 bits per heavy atom. The van der Waals surface area contributed by atoms with Gasteiger partial charge in [0.15, 0.2) is 17.3 Å². The minimum atomic E-state index is -0.123. The van der Waals surface area contributed by atoms with Gasteiger partial charge in [0.25, 0.3) is 0 Å². The van der Waals surface area contributed by atoms with Crippen molar-refractivity contribution in [3.05, 3.63) is 53.6 Å². The molecule has 1 fully saturated rings. The number of rotatable bonds is 5. The molecule has 0 spiro atoms. The van der Waals surface area contributed by atoms with Crippen molar-refractivity contribution in [3.63, 3.8) is 0 Å². The van der Waals surface area contributed by atoms with E-state index in [0.717, 1.165) is 0 Å². The van der Waals surface area contributed by atoms with Gasteiger partial charge < -0.3 is 14.8 Å². The standard InChI is InChI=1S/C23H23N3O4/c24-14-16-2-1-3-19(12-16)25-22(27)15-26-8-6-17(7-9-26)23(28)18-4-5-20-21(13-18)30-11-10-29-20/h1-5,12-13,17H,6-11,15H2,(H,25,27). The molecule has 1 N–H and O–H groups in total. The van der Waals surface area contributed by atoms with Crippen LogP contribution in [0.4, 0.5) is 5.69 Å². The predicted molar refractivity (Wildman–Crippen MR) is 111 cm³/mol. The molecule has 154 valence electrons. The Kier molecular flexibility index (Phi) is 5.96. The van der Waals surface area contributed by atoms with Gasteiger partial charge in [0.1, 0.15) is 13.2 Å². The molecule has 2 aliphatic heterocycles. The Bertz CT molecular complexity index is 990. The molecule has 30 heavy (non-hydrogen) atoms. The van der Waals surface area contributed by atoms with E-state index >= 15 is 0 Å². The number of piperidine rings is 1. The summed E-state index contributed by atoms with van der Waals surface area (Å²) in [6, 6.07) is 14.3. The quantitative estimate of drug-likeness (QED) is 0.769. The van der Waals surface area contributed by atoms with Crippen LogP contribution in [-0.2, 0) is 4.79 Å². The largest absolute Gasteiger partial charge is 0.486 e. The Balaban J connectivity index is 1.29. The summed E-state index contributed by atoms with van der Waals surface area (Å²) in [5, 5.41) is 11.8. The van der Waals surface area contributed by atoms with Crippen molar-refractivity contribution in [2.45, 2.75) is 12.8 Å². The first-order chi connectivity index (χ1) is 14.6. The highest BCUT2D eigenvalue weighted by atomic mass is 16.6. The number of anilines is 1. The van der Waals surface area contributed by atoms with E-state index in [1.54, 1.807) is 42.5 Å². The third-order valence-electron chi connectivity index (χ3n) is 5.43. The molecule has 0 aromatic heterocycles. The van der Waals surface area contributed by atoms with Gasteiger partial charge in [-0.2, -0.15) is 5.26 Å². The third kappa shape index (κ3) is 4.61. The summed E-state index contributed by atoms with van der Waals surface area (Å²) in [6.07, 6.45) is 1.43. The summed E-state index contributed by atoms with van der Waals surface area (Å²) in [4.78, 5) is 27.3. The zero-order valence-corrected chi connectivity index (χ0v) is 16.6. The number of nitrogens with one attached hydrogen (secondary N) is 1. The van der Waals surface area contributed by atoms with Gasteiger partial charge in [-0.05, 0) is 62.3 Å². The summed E-state index contributed by atoms with van der Waals surface area (Å²) in [5.41, 5.74) is 1.77. The van der Waals surface area contributed by atoms with Gasteiger partial charge in [-0.3, -0.25) is 14.5 Å². The second kappa shape index (κ2) is 8.97. The van der Waals surface area contributed by atoms with Crippen LogP contribution < -0.4 is 14.8 Å². The normalized spacial score (nSPS) is 16.5. The van der Waals surface area contributed by atoms with E-state index in [-0.39, 0.29) is 24.2 Å². The van der Waals surface area contributed by atoms with Crippen LogP contribution in [-0.4, -0.2) is 49.4 Å². The molecule has 7 nitrogen and oxygen atoms in total. The molecule has 1 saturated heterocycles. The highest BCUT2D eigenvalue weighted by Crippen LogP contribution is 2.32. The maximum atomic E-state index is 12.9. The molecule has 2 aromatic carbocycles. The predicted octanol–water partition coefficient (Wildman–Crippen LogP) is 2.86. The number of ketones is 1. The van der Waals surface area contributed by atoms with E-state index in [9.17, 15) is 9.59 Å². The Morgan fingerprint density at radius 1 is 1.07 bits per heavy atom. The number of fused-ring (bicyclic) bond motifs is 1. The van der Waals surface area contributed by atoms with Crippen LogP contribution in [0.25, 0.3) is 0 Å². The first kappa shape index (κ1) is 19.9. The summed E-state index contributed by atoms with van der Waals surface area (Å²) in [6.45, 7) is 2.66. The Hall–Kier alpha value is -3.37. The van der Waals surface area contributed by atoms with Crippen LogP contribution in [0.2, 0.25) is 0 Å². The minimum absolute atomic E-state index is 0.0563. The van der Waals surface area contributed by atoms with Crippen molar-refractivity contribution in [2.75, 3.05) is 38.2 Å². The number of Topliss-reactive ketones (excluding diaryl/α,β-unsaturated/α-hetero) is 1. The number of hydrogen-bond acceptors (Lipinski definition) is 6. The molecular weight excluding hydrogens is 382 g/mol. The molecule has 2 aliphatic rings. The van der Waals surface area contributed by atoms with Crippen LogP contribution in [0.5, 0.6) is 11.5 Å². The lowest BCUT2D eigenvalue weighted by Crippen LogP contribution is -2.40. The van der Waals surface area contributed by atoms with Gasteiger partial charge in [-0.15, -0.1) is 0 Å². The molecule has 2 heterocycles. The Morgan fingerprint density at radius 2 is 1.83 bits per heavy atom. The number of hydrogen-bond donors (Lipinski definition) is 1. The van der Waals surface area contributed by atoms with Gasteiger partial charge in [-0.1, -0.05) is 6.07 Å². The van der Waals surface area contributed by atoms with E-state index in [2.05, 4.69) is 16.3 Å². The van der Waals surface area contributed by atoms with Crippen molar-refractivity contribution in [2.24, 2.45) is 5.92 Å². The van der Waals surface area contributed by atoms with Crippen LogP contribution in [0.15, 0.2) is 42.5 Å². The fraction of sp³-hybridized carbons (Fsp3) is 0.348. The summed E-state index contributed by atoms with van der Waals surface area (Å²) in [7, 11) is 0. The summed E-state index contributed by atoms with van der Waals surface area (Å²) >= 11 is 0. The molecule has 4 rings (SSSR count). The van der Waals surface area contributed by atoms with Crippen LogP contribution in [0.3, 0.4) is 0 Å². The molecule has 0 atom stereocenters. The number of benzene rings is 2. The Labute approximate surface area is 175 Å². The highest BCUT2D eigenvalue weighted by Gasteiger charge is 2.27. The third-order valence-corrected chi connectivity index (χ3v) is 5.43. The van der Waals surface area contributed by atoms with Crippen LogP contribution in [0.1, 0.15) is 28.8 Å². The lowest BCUT2D eigenvalue weighted by molar-refractivity contribution is -0.117. The smallest absolute Gasteiger partial charge is 0.238 e. The zero-order chi connectivity index (χ0) is 20.9. The topological polar surface area (TPSA) is 91.7 Å². The fourth-order valence-electron chi connectivity index (χ4n) is 3.86.